The van der Waals surface area contributed by atoms with Gasteiger partial charge in [0.15, 0.2) is 0 Å². The van der Waals surface area contributed by atoms with Gasteiger partial charge in [0.05, 0.1) is 16.4 Å². The van der Waals surface area contributed by atoms with E-state index in [2.05, 4.69) is 30.2 Å². The molecule has 0 fully saturated rings. The van der Waals surface area contributed by atoms with Crippen LogP contribution >= 0.6 is 11.6 Å². The van der Waals surface area contributed by atoms with Crippen LogP contribution < -0.4 is 5.73 Å². The second-order valence-electron chi connectivity index (χ2n) is 4.81. The van der Waals surface area contributed by atoms with Crippen LogP contribution in [0.2, 0.25) is 5.02 Å². The van der Waals surface area contributed by atoms with E-state index in [9.17, 15) is 0 Å². The number of hydrogen-bond donors (Lipinski definition) is 1. The maximum absolute atomic E-state index is 6.03. The highest BCUT2D eigenvalue weighted by Gasteiger charge is 2.07. The Bertz CT molecular complexity index is 539. The molecule has 1 atom stereocenters. The van der Waals surface area contributed by atoms with Gasteiger partial charge < -0.3 is 5.73 Å². The molecule has 2 aromatic rings. The maximum atomic E-state index is 6.03. The summed E-state index contributed by atoms with van der Waals surface area (Å²) in [5.41, 5.74) is 10.1. The van der Waals surface area contributed by atoms with Crippen LogP contribution in [0.4, 0.5) is 0 Å². The molecule has 1 unspecified atom stereocenters. The number of halogens is 1. The molecule has 3 nitrogen and oxygen atoms in total. The quantitative estimate of drug-likeness (QED) is 0.925. The lowest BCUT2D eigenvalue weighted by Gasteiger charge is -2.10. The summed E-state index contributed by atoms with van der Waals surface area (Å²) in [7, 11) is 0. The number of rotatable bonds is 3. The van der Waals surface area contributed by atoms with Gasteiger partial charge in [0.1, 0.15) is 0 Å². The summed E-state index contributed by atoms with van der Waals surface area (Å²) in [6, 6.07) is 6.49. The van der Waals surface area contributed by atoms with Crippen molar-refractivity contribution in [3.8, 4) is 5.69 Å². The number of aryl methyl sites for hydroxylation is 2. The average Bonchev–Trinajstić information content (AvgIpc) is 2.58. The molecule has 0 amide bonds. The summed E-state index contributed by atoms with van der Waals surface area (Å²) >= 11 is 6.03. The standard InChI is InChI=1S/C14H18ClN3/c1-9-6-12(7-10(2)16)4-5-14(9)18-8-13(15)11(3)17-18/h4-6,8,10H,7,16H2,1-3H3. The van der Waals surface area contributed by atoms with Crippen molar-refractivity contribution in [2.24, 2.45) is 5.73 Å². The van der Waals surface area contributed by atoms with Crippen LogP contribution in [0.3, 0.4) is 0 Å². The fourth-order valence-electron chi connectivity index (χ4n) is 2.04. The average molecular weight is 264 g/mol. The Morgan fingerprint density at radius 2 is 2.11 bits per heavy atom. The van der Waals surface area contributed by atoms with Gasteiger partial charge in [-0.1, -0.05) is 23.7 Å². The molecule has 4 heteroatoms. The third-order valence-corrected chi connectivity index (χ3v) is 3.28. The van der Waals surface area contributed by atoms with Crippen molar-refractivity contribution in [3.63, 3.8) is 0 Å². The Kier molecular flexibility index (Phi) is 3.73. The lowest BCUT2D eigenvalue weighted by atomic mass is 10.0. The van der Waals surface area contributed by atoms with Crippen molar-refractivity contribution in [2.75, 3.05) is 0 Å². The lowest BCUT2D eigenvalue weighted by Crippen LogP contribution is -2.17. The van der Waals surface area contributed by atoms with Gasteiger partial charge >= 0.3 is 0 Å². The topological polar surface area (TPSA) is 43.8 Å². The van der Waals surface area contributed by atoms with Gasteiger partial charge in [-0.25, -0.2) is 4.68 Å². The van der Waals surface area contributed by atoms with E-state index in [1.165, 1.54) is 11.1 Å². The SMILES string of the molecule is Cc1cc(CC(C)N)ccc1-n1cc(Cl)c(C)n1. The molecule has 0 saturated heterocycles. The number of aromatic nitrogens is 2. The summed E-state index contributed by atoms with van der Waals surface area (Å²) in [6.07, 6.45) is 2.73. The molecule has 0 aliphatic carbocycles. The van der Waals surface area contributed by atoms with Gasteiger partial charge in [0.2, 0.25) is 0 Å². The summed E-state index contributed by atoms with van der Waals surface area (Å²) in [5.74, 6) is 0. The number of nitrogens with two attached hydrogens (primary N) is 1. The first-order valence-corrected chi connectivity index (χ1v) is 6.42. The van der Waals surface area contributed by atoms with Crippen molar-refractivity contribution in [3.05, 3.63) is 46.2 Å². The van der Waals surface area contributed by atoms with Crippen LogP contribution in [0.5, 0.6) is 0 Å². The van der Waals surface area contributed by atoms with Crippen LogP contribution in [-0.2, 0) is 6.42 Å². The van der Waals surface area contributed by atoms with Gasteiger partial charge in [-0.05, 0) is 44.4 Å². The van der Waals surface area contributed by atoms with Crippen molar-refractivity contribution in [1.82, 2.24) is 9.78 Å². The molecule has 0 aliphatic heterocycles. The third kappa shape index (κ3) is 2.74. The predicted octanol–water partition coefficient (Wildman–Crippen LogP) is 3.03. The molecule has 1 aromatic carbocycles. The molecule has 0 bridgehead atoms. The van der Waals surface area contributed by atoms with E-state index in [-0.39, 0.29) is 6.04 Å². The van der Waals surface area contributed by atoms with E-state index in [1.54, 1.807) is 0 Å². The highest BCUT2D eigenvalue weighted by molar-refractivity contribution is 6.31. The van der Waals surface area contributed by atoms with Crippen LogP contribution in [0.25, 0.3) is 5.69 Å². The van der Waals surface area contributed by atoms with Crippen molar-refractivity contribution >= 4 is 11.6 Å². The molecule has 18 heavy (non-hydrogen) atoms. The van der Waals surface area contributed by atoms with E-state index in [0.717, 1.165) is 17.8 Å². The Morgan fingerprint density at radius 1 is 1.39 bits per heavy atom. The van der Waals surface area contributed by atoms with E-state index in [1.807, 2.05) is 24.7 Å². The zero-order valence-electron chi connectivity index (χ0n) is 10.9. The minimum Gasteiger partial charge on any atom is -0.328 e. The zero-order chi connectivity index (χ0) is 13.3. The molecule has 2 N–H and O–H groups in total. The molecular weight excluding hydrogens is 246 g/mol. The zero-order valence-corrected chi connectivity index (χ0v) is 11.7. The van der Waals surface area contributed by atoms with E-state index < -0.39 is 0 Å². The monoisotopic (exact) mass is 263 g/mol. The smallest absolute Gasteiger partial charge is 0.0819 e. The van der Waals surface area contributed by atoms with Crippen molar-refractivity contribution in [2.45, 2.75) is 33.2 Å². The number of nitrogens with zero attached hydrogens (tertiary/aromatic N) is 2. The van der Waals surface area contributed by atoms with Crippen LogP contribution in [-0.4, -0.2) is 15.8 Å². The molecule has 0 saturated carbocycles. The minimum absolute atomic E-state index is 0.177. The molecular formula is C14H18ClN3. The van der Waals surface area contributed by atoms with Gasteiger partial charge in [-0.3, -0.25) is 0 Å². The summed E-state index contributed by atoms with van der Waals surface area (Å²) < 4.78 is 1.82. The largest absolute Gasteiger partial charge is 0.328 e. The molecule has 0 radical (unpaired) electrons. The van der Waals surface area contributed by atoms with Gasteiger partial charge in [0, 0.05) is 12.2 Å². The van der Waals surface area contributed by atoms with Crippen LogP contribution in [0.15, 0.2) is 24.4 Å². The molecule has 0 spiro atoms. The van der Waals surface area contributed by atoms with Crippen molar-refractivity contribution < 1.29 is 0 Å². The Morgan fingerprint density at radius 3 is 2.61 bits per heavy atom. The first-order chi connectivity index (χ1) is 8.47. The van der Waals surface area contributed by atoms with Crippen LogP contribution in [0.1, 0.15) is 23.7 Å². The predicted molar refractivity (Wildman–Crippen MR) is 75.4 cm³/mol. The second kappa shape index (κ2) is 5.12. The fourth-order valence-corrected chi connectivity index (χ4v) is 2.17. The van der Waals surface area contributed by atoms with Gasteiger partial charge in [-0.2, -0.15) is 5.10 Å². The summed E-state index contributed by atoms with van der Waals surface area (Å²) in [4.78, 5) is 0. The summed E-state index contributed by atoms with van der Waals surface area (Å²) in [6.45, 7) is 5.99. The highest BCUT2D eigenvalue weighted by atomic mass is 35.5. The van der Waals surface area contributed by atoms with E-state index in [4.69, 9.17) is 17.3 Å². The normalized spacial score (nSPS) is 12.7. The maximum Gasteiger partial charge on any atom is 0.0819 e. The van der Waals surface area contributed by atoms with E-state index in [0.29, 0.717) is 5.02 Å². The Hall–Kier alpha value is -1.32. The molecule has 2 rings (SSSR count). The number of hydrogen-bond acceptors (Lipinski definition) is 2. The minimum atomic E-state index is 0.177. The molecule has 1 aromatic heterocycles. The van der Waals surface area contributed by atoms with E-state index >= 15 is 0 Å². The number of benzene rings is 1. The molecule has 0 aliphatic rings. The third-order valence-electron chi connectivity index (χ3n) is 2.90. The second-order valence-corrected chi connectivity index (χ2v) is 5.22. The van der Waals surface area contributed by atoms with Gasteiger partial charge in [0.25, 0.3) is 0 Å². The summed E-state index contributed by atoms with van der Waals surface area (Å²) in [5, 5.41) is 5.08. The first kappa shape index (κ1) is 13.1. The Labute approximate surface area is 113 Å². The Balaban J connectivity index is 2.35. The first-order valence-electron chi connectivity index (χ1n) is 6.04. The van der Waals surface area contributed by atoms with Crippen LogP contribution in [0, 0.1) is 13.8 Å². The van der Waals surface area contributed by atoms with Crippen molar-refractivity contribution in [1.29, 1.82) is 0 Å². The lowest BCUT2D eigenvalue weighted by molar-refractivity contribution is 0.737. The molecule has 96 valence electrons. The fraction of sp³-hybridized carbons (Fsp3) is 0.357. The highest BCUT2D eigenvalue weighted by Crippen LogP contribution is 2.20. The van der Waals surface area contributed by atoms with Gasteiger partial charge in [-0.15, -0.1) is 0 Å². The molecule has 1 heterocycles.